The van der Waals surface area contributed by atoms with Gasteiger partial charge in [-0.05, 0) is 6.92 Å². The highest BCUT2D eigenvalue weighted by Gasteiger charge is 2.07. The first-order chi connectivity index (χ1) is 4.72. The quantitative estimate of drug-likeness (QED) is 0.431. The van der Waals surface area contributed by atoms with E-state index in [9.17, 15) is 9.59 Å². The topological polar surface area (TPSA) is 82.7 Å². The number of nitrogens with zero attached hydrogens (tertiary/aromatic N) is 2. The summed E-state index contributed by atoms with van der Waals surface area (Å²) in [6.45, 7) is 1.38. The Hall–Kier alpha value is -1.57. The molecule has 0 aliphatic heterocycles. The number of amides is 1. The van der Waals surface area contributed by atoms with Crippen molar-refractivity contribution in [3.63, 3.8) is 0 Å². The molecule has 0 fully saturated rings. The molecule has 1 N–H and O–H groups in total. The molecule has 0 aromatic carbocycles. The molecule has 52 valence electrons. The Morgan fingerprint density at radius 3 is 2.70 bits per heavy atom. The van der Waals surface area contributed by atoms with Gasteiger partial charge in [-0.2, -0.15) is 4.99 Å². The highest BCUT2D eigenvalue weighted by molar-refractivity contribution is 5.86. The smallest absolute Gasteiger partial charge is 0.269 e. The number of carbonyl (C=O) groups is 1. The van der Waals surface area contributed by atoms with E-state index >= 15 is 0 Å². The molecular weight excluding hydrogens is 134 g/mol. The normalized spacial score (nSPS) is 10.5. The molecule has 0 aliphatic carbocycles. The number of rotatable bonds is 2. The van der Waals surface area contributed by atoms with Gasteiger partial charge in [0.05, 0.1) is 6.01 Å². The summed E-state index contributed by atoms with van der Waals surface area (Å²) >= 11 is 0. The van der Waals surface area contributed by atoms with Crippen LogP contribution in [0.3, 0.4) is 0 Å². The lowest BCUT2D eigenvalue weighted by Gasteiger charge is -1.91. The second-order valence-electron chi connectivity index (χ2n) is 1.46. The molecule has 0 radical (unpaired) electrons. The Kier molecular flexibility index (Phi) is 3.64. The fraction of sp³-hybridized carbons (Fsp3) is 0.400. The van der Waals surface area contributed by atoms with Crippen LogP contribution in [0.1, 0.15) is 6.92 Å². The van der Waals surface area contributed by atoms with E-state index in [-0.39, 0.29) is 0 Å². The van der Waals surface area contributed by atoms with Crippen molar-refractivity contribution in [3.05, 3.63) is 0 Å². The van der Waals surface area contributed by atoms with Gasteiger partial charge in [-0.15, -0.1) is 4.99 Å². The first-order valence-corrected chi connectivity index (χ1v) is 2.45. The molecule has 0 saturated heterocycles. The van der Waals surface area contributed by atoms with Crippen molar-refractivity contribution in [2.75, 3.05) is 0 Å². The molecule has 1 atom stereocenters. The summed E-state index contributed by atoms with van der Waals surface area (Å²) in [6.07, 6.45) is 1.21. The average molecular weight is 139 g/mol. The molecule has 0 rings (SSSR count). The maximum atomic E-state index is 10.5. The third kappa shape index (κ3) is 2.67. The summed E-state index contributed by atoms with van der Waals surface area (Å²) in [5, 5.41) is 6.28. The zero-order valence-corrected chi connectivity index (χ0v) is 5.29. The molecule has 0 spiro atoms. The van der Waals surface area contributed by atoms with Crippen LogP contribution in [-0.2, 0) is 9.59 Å². The molecule has 0 unspecified atom stereocenters. The molecular formula is C5H5N3O2. The van der Waals surface area contributed by atoms with Crippen LogP contribution < -0.4 is 0 Å². The van der Waals surface area contributed by atoms with Crippen LogP contribution in [0, 0.1) is 5.41 Å². The lowest BCUT2D eigenvalue weighted by Crippen LogP contribution is -2.10. The maximum absolute atomic E-state index is 10.5. The second-order valence-corrected chi connectivity index (χ2v) is 1.46. The van der Waals surface area contributed by atoms with E-state index < -0.39 is 11.9 Å². The van der Waals surface area contributed by atoms with Gasteiger partial charge in [0.25, 0.3) is 5.91 Å². The number of isocyanates is 1. The van der Waals surface area contributed by atoms with Gasteiger partial charge in [-0.3, -0.25) is 4.79 Å². The van der Waals surface area contributed by atoms with E-state index in [1.807, 2.05) is 0 Å². The van der Waals surface area contributed by atoms with Crippen LogP contribution in [0.5, 0.6) is 0 Å². The Labute approximate surface area is 57.0 Å². The molecule has 0 saturated carbocycles. The average Bonchev–Trinajstić information content (AvgIpc) is 1.89. The molecule has 0 aromatic rings. The first-order valence-electron chi connectivity index (χ1n) is 2.45. The Morgan fingerprint density at radius 2 is 2.30 bits per heavy atom. The fourth-order valence-electron chi connectivity index (χ4n) is 0.283. The predicted molar refractivity (Wildman–Crippen MR) is 32.7 cm³/mol. The zero-order valence-electron chi connectivity index (χ0n) is 5.29. The SMILES string of the molecule is C[C@@H](N=C=O)C(=O)N=C=N. The standard InChI is InChI=1S/C5H5N3O2/c1-4(8-3-9)5(10)7-2-6/h4,6H,1H3/t4-/m1/s1. The van der Waals surface area contributed by atoms with E-state index in [2.05, 4.69) is 9.98 Å². The third-order valence-corrected chi connectivity index (χ3v) is 0.770. The van der Waals surface area contributed by atoms with Gasteiger partial charge in [-0.25, -0.2) is 10.2 Å². The van der Waals surface area contributed by atoms with Crippen molar-refractivity contribution < 1.29 is 9.59 Å². The number of hydrogen-bond acceptors (Lipinski definition) is 4. The molecule has 0 bridgehead atoms. The molecule has 5 heteroatoms. The summed E-state index contributed by atoms with van der Waals surface area (Å²) in [5.74, 6) is -0.668. The van der Waals surface area contributed by atoms with Crippen molar-refractivity contribution in [3.8, 4) is 0 Å². The van der Waals surface area contributed by atoms with Crippen LogP contribution >= 0.6 is 0 Å². The minimum Gasteiger partial charge on any atom is -0.269 e. The summed E-state index contributed by atoms with van der Waals surface area (Å²) in [5.41, 5.74) is 0. The molecule has 0 heterocycles. The highest BCUT2D eigenvalue weighted by Crippen LogP contribution is 1.89. The van der Waals surface area contributed by atoms with E-state index in [1.165, 1.54) is 13.0 Å². The summed E-state index contributed by atoms with van der Waals surface area (Å²) in [4.78, 5) is 26.1. The number of hydrogen-bond donors (Lipinski definition) is 1. The zero-order chi connectivity index (χ0) is 7.98. The van der Waals surface area contributed by atoms with Crippen molar-refractivity contribution in [1.29, 1.82) is 5.41 Å². The summed E-state index contributed by atoms with van der Waals surface area (Å²) < 4.78 is 0. The van der Waals surface area contributed by atoms with E-state index in [0.29, 0.717) is 0 Å². The number of nitrogens with one attached hydrogen (secondary N) is 1. The van der Waals surface area contributed by atoms with Gasteiger partial charge in [0, 0.05) is 0 Å². The van der Waals surface area contributed by atoms with E-state index in [0.717, 1.165) is 0 Å². The van der Waals surface area contributed by atoms with Gasteiger partial charge in [0.15, 0.2) is 0 Å². The van der Waals surface area contributed by atoms with Gasteiger partial charge in [0.2, 0.25) is 6.08 Å². The van der Waals surface area contributed by atoms with Gasteiger partial charge in [0.1, 0.15) is 6.04 Å². The van der Waals surface area contributed by atoms with E-state index in [1.54, 1.807) is 6.01 Å². The van der Waals surface area contributed by atoms with Crippen LogP contribution in [0.25, 0.3) is 0 Å². The maximum Gasteiger partial charge on any atom is 0.280 e. The molecule has 0 aromatic heterocycles. The lowest BCUT2D eigenvalue weighted by atomic mass is 10.3. The van der Waals surface area contributed by atoms with Crippen molar-refractivity contribution in [1.82, 2.24) is 0 Å². The Bertz CT molecular complexity index is 223. The lowest BCUT2D eigenvalue weighted by molar-refractivity contribution is -0.118. The molecule has 1 amide bonds. The van der Waals surface area contributed by atoms with Crippen molar-refractivity contribution >= 4 is 18.0 Å². The van der Waals surface area contributed by atoms with Gasteiger partial charge < -0.3 is 0 Å². The number of carbonyl (C=O) groups excluding carboxylic acids is 2. The van der Waals surface area contributed by atoms with Gasteiger partial charge >= 0.3 is 0 Å². The second kappa shape index (κ2) is 4.32. The molecule has 5 nitrogen and oxygen atoms in total. The van der Waals surface area contributed by atoms with Crippen molar-refractivity contribution in [2.45, 2.75) is 13.0 Å². The first kappa shape index (κ1) is 8.43. The van der Waals surface area contributed by atoms with Crippen LogP contribution in [0.15, 0.2) is 9.98 Å². The summed E-state index contributed by atoms with van der Waals surface area (Å²) in [7, 11) is 0. The largest absolute Gasteiger partial charge is 0.280 e. The van der Waals surface area contributed by atoms with Crippen LogP contribution in [0.2, 0.25) is 0 Å². The van der Waals surface area contributed by atoms with Crippen molar-refractivity contribution in [2.24, 2.45) is 9.98 Å². The molecule has 10 heavy (non-hydrogen) atoms. The predicted octanol–water partition coefficient (Wildman–Crippen LogP) is -0.0100. The van der Waals surface area contributed by atoms with Crippen LogP contribution in [-0.4, -0.2) is 24.0 Å². The Balaban J connectivity index is 4.20. The van der Waals surface area contributed by atoms with E-state index in [4.69, 9.17) is 5.41 Å². The Morgan fingerprint density at radius 1 is 1.70 bits per heavy atom. The monoisotopic (exact) mass is 139 g/mol. The summed E-state index contributed by atoms with van der Waals surface area (Å²) in [6, 6.07) is 0.691. The van der Waals surface area contributed by atoms with Crippen LogP contribution in [0.4, 0.5) is 0 Å². The minimum absolute atomic E-state index is 0.668. The fourth-order valence-corrected chi connectivity index (χ4v) is 0.283. The minimum atomic E-state index is -0.852. The highest BCUT2D eigenvalue weighted by atomic mass is 16.2. The molecule has 0 aliphatic rings. The third-order valence-electron chi connectivity index (χ3n) is 0.770. The number of aliphatic imine (C=N–C) groups is 2. The van der Waals surface area contributed by atoms with Gasteiger partial charge in [-0.1, -0.05) is 0 Å².